The lowest BCUT2D eigenvalue weighted by Gasteiger charge is -2.09. The SMILES string of the molecule is CCOc1ccc(-c2cccc(F)c2)c(F)c1F. The molecule has 0 unspecified atom stereocenters. The van der Waals surface area contributed by atoms with Crippen LogP contribution in [0.5, 0.6) is 5.75 Å². The second kappa shape index (κ2) is 5.12. The summed E-state index contributed by atoms with van der Waals surface area (Å²) in [7, 11) is 0. The van der Waals surface area contributed by atoms with Crippen LogP contribution in [0.3, 0.4) is 0 Å². The molecule has 94 valence electrons. The van der Waals surface area contributed by atoms with E-state index in [2.05, 4.69) is 0 Å². The van der Waals surface area contributed by atoms with Crippen molar-refractivity contribution in [2.75, 3.05) is 6.61 Å². The predicted octanol–water partition coefficient (Wildman–Crippen LogP) is 4.17. The van der Waals surface area contributed by atoms with Crippen LogP contribution in [0.15, 0.2) is 36.4 Å². The molecule has 2 rings (SSSR count). The Morgan fingerprint density at radius 2 is 1.78 bits per heavy atom. The number of benzene rings is 2. The van der Waals surface area contributed by atoms with Gasteiger partial charge < -0.3 is 4.74 Å². The number of halogens is 3. The van der Waals surface area contributed by atoms with Gasteiger partial charge in [0.25, 0.3) is 0 Å². The molecule has 0 atom stereocenters. The maximum atomic E-state index is 13.8. The standard InChI is InChI=1S/C14H11F3O/c1-2-18-12-7-6-11(13(16)14(12)17)9-4-3-5-10(15)8-9/h3-8H,2H2,1H3. The van der Waals surface area contributed by atoms with E-state index in [1.165, 1.54) is 30.3 Å². The number of hydrogen-bond acceptors (Lipinski definition) is 1. The average Bonchev–Trinajstić information content (AvgIpc) is 2.35. The molecule has 4 heteroatoms. The van der Waals surface area contributed by atoms with Crippen molar-refractivity contribution in [2.24, 2.45) is 0 Å². The summed E-state index contributed by atoms with van der Waals surface area (Å²) in [5.41, 5.74) is 0.296. The summed E-state index contributed by atoms with van der Waals surface area (Å²) in [5.74, 6) is -2.73. The van der Waals surface area contributed by atoms with E-state index in [9.17, 15) is 13.2 Å². The number of hydrogen-bond donors (Lipinski definition) is 0. The van der Waals surface area contributed by atoms with Crippen LogP contribution >= 0.6 is 0 Å². The van der Waals surface area contributed by atoms with Gasteiger partial charge in [0.1, 0.15) is 5.82 Å². The third-order valence-corrected chi connectivity index (χ3v) is 2.48. The number of rotatable bonds is 3. The largest absolute Gasteiger partial charge is 0.491 e. The summed E-state index contributed by atoms with van der Waals surface area (Å²) >= 11 is 0. The molecule has 0 spiro atoms. The van der Waals surface area contributed by atoms with Gasteiger partial charge in [-0.15, -0.1) is 0 Å². The first-order valence-electron chi connectivity index (χ1n) is 5.50. The minimum absolute atomic E-state index is 0.00968. The fraction of sp³-hybridized carbons (Fsp3) is 0.143. The van der Waals surface area contributed by atoms with Crippen molar-refractivity contribution >= 4 is 0 Å². The average molecular weight is 252 g/mol. The van der Waals surface area contributed by atoms with Crippen molar-refractivity contribution in [3.8, 4) is 16.9 Å². The fourth-order valence-corrected chi connectivity index (χ4v) is 1.68. The van der Waals surface area contributed by atoms with E-state index in [1.807, 2.05) is 0 Å². The first kappa shape index (κ1) is 12.5. The summed E-state index contributed by atoms with van der Waals surface area (Å²) in [6.45, 7) is 1.92. The Morgan fingerprint density at radius 1 is 1.00 bits per heavy atom. The Morgan fingerprint density at radius 3 is 2.44 bits per heavy atom. The molecule has 0 saturated heterocycles. The first-order chi connectivity index (χ1) is 8.63. The van der Waals surface area contributed by atoms with Gasteiger partial charge in [-0.05, 0) is 36.8 Å². The molecular formula is C14H11F3O. The lowest BCUT2D eigenvalue weighted by molar-refractivity contribution is 0.314. The van der Waals surface area contributed by atoms with Crippen LogP contribution in [0, 0.1) is 17.5 Å². The van der Waals surface area contributed by atoms with E-state index >= 15 is 0 Å². The molecule has 0 aliphatic carbocycles. The van der Waals surface area contributed by atoms with Crippen LogP contribution in [0.1, 0.15) is 6.92 Å². The minimum atomic E-state index is -1.06. The van der Waals surface area contributed by atoms with Crippen molar-refractivity contribution in [3.63, 3.8) is 0 Å². The molecule has 0 saturated carbocycles. The maximum Gasteiger partial charge on any atom is 0.201 e. The zero-order valence-electron chi connectivity index (χ0n) is 9.71. The molecule has 18 heavy (non-hydrogen) atoms. The van der Waals surface area contributed by atoms with Crippen LogP contribution in [-0.2, 0) is 0 Å². The first-order valence-corrected chi connectivity index (χ1v) is 5.50. The van der Waals surface area contributed by atoms with Gasteiger partial charge in [-0.3, -0.25) is 0 Å². The fourth-order valence-electron chi connectivity index (χ4n) is 1.68. The lowest BCUT2D eigenvalue weighted by Crippen LogP contribution is -1.98. The summed E-state index contributed by atoms with van der Waals surface area (Å²) in [6.07, 6.45) is 0. The van der Waals surface area contributed by atoms with E-state index in [-0.39, 0.29) is 23.5 Å². The normalized spacial score (nSPS) is 10.4. The zero-order valence-corrected chi connectivity index (χ0v) is 9.71. The van der Waals surface area contributed by atoms with Crippen LogP contribution < -0.4 is 4.74 Å². The molecule has 0 N–H and O–H groups in total. The van der Waals surface area contributed by atoms with Gasteiger partial charge >= 0.3 is 0 Å². The molecule has 0 aliphatic heterocycles. The van der Waals surface area contributed by atoms with E-state index < -0.39 is 17.5 Å². The highest BCUT2D eigenvalue weighted by molar-refractivity contribution is 5.65. The molecule has 0 heterocycles. The third kappa shape index (κ3) is 2.32. The highest BCUT2D eigenvalue weighted by Gasteiger charge is 2.15. The van der Waals surface area contributed by atoms with Gasteiger partial charge in [-0.2, -0.15) is 4.39 Å². The van der Waals surface area contributed by atoms with Crippen LogP contribution in [0.4, 0.5) is 13.2 Å². The van der Waals surface area contributed by atoms with Gasteiger partial charge in [-0.1, -0.05) is 12.1 Å². The topological polar surface area (TPSA) is 9.23 Å². The van der Waals surface area contributed by atoms with Crippen molar-refractivity contribution in [2.45, 2.75) is 6.92 Å². The summed E-state index contributed by atoms with van der Waals surface area (Å²) in [4.78, 5) is 0. The number of ether oxygens (including phenoxy) is 1. The van der Waals surface area contributed by atoms with Gasteiger partial charge in [0.2, 0.25) is 5.82 Å². The van der Waals surface area contributed by atoms with Crippen LogP contribution in [0.25, 0.3) is 11.1 Å². The van der Waals surface area contributed by atoms with E-state index in [1.54, 1.807) is 6.92 Å². The molecule has 0 fully saturated rings. The molecule has 0 bridgehead atoms. The Labute approximate surface area is 103 Å². The Balaban J connectivity index is 2.50. The van der Waals surface area contributed by atoms with E-state index in [4.69, 9.17) is 4.74 Å². The molecular weight excluding hydrogens is 241 g/mol. The Bertz CT molecular complexity index is 567. The smallest absolute Gasteiger partial charge is 0.201 e. The van der Waals surface area contributed by atoms with Crippen LogP contribution in [0.2, 0.25) is 0 Å². The second-order valence-electron chi connectivity index (χ2n) is 3.68. The van der Waals surface area contributed by atoms with Gasteiger partial charge in [0.15, 0.2) is 11.6 Å². The molecule has 0 aliphatic rings. The van der Waals surface area contributed by atoms with Gasteiger partial charge in [0.05, 0.1) is 6.61 Å². The zero-order chi connectivity index (χ0) is 13.1. The van der Waals surface area contributed by atoms with Gasteiger partial charge in [-0.25, -0.2) is 8.78 Å². The van der Waals surface area contributed by atoms with E-state index in [0.717, 1.165) is 6.07 Å². The molecule has 1 nitrogen and oxygen atoms in total. The summed E-state index contributed by atoms with van der Waals surface area (Å²) in [5, 5.41) is 0. The maximum absolute atomic E-state index is 13.8. The van der Waals surface area contributed by atoms with Gasteiger partial charge in [0, 0.05) is 5.56 Å². The lowest BCUT2D eigenvalue weighted by atomic mass is 10.0. The summed E-state index contributed by atoms with van der Waals surface area (Å²) in [6, 6.07) is 8.06. The highest BCUT2D eigenvalue weighted by atomic mass is 19.2. The summed E-state index contributed by atoms with van der Waals surface area (Å²) < 4.78 is 45.5. The van der Waals surface area contributed by atoms with Crippen LogP contribution in [-0.4, -0.2) is 6.61 Å². The third-order valence-electron chi connectivity index (χ3n) is 2.48. The Kier molecular flexibility index (Phi) is 3.55. The monoisotopic (exact) mass is 252 g/mol. The second-order valence-corrected chi connectivity index (χ2v) is 3.68. The Hall–Kier alpha value is -1.97. The highest BCUT2D eigenvalue weighted by Crippen LogP contribution is 2.30. The quantitative estimate of drug-likeness (QED) is 0.796. The van der Waals surface area contributed by atoms with Crippen molar-refractivity contribution < 1.29 is 17.9 Å². The molecule has 0 radical (unpaired) electrons. The minimum Gasteiger partial charge on any atom is -0.491 e. The molecule has 0 amide bonds. The predicted molar refractivity (Wildman–Crippen MR) is 62.9 cm³/mol. The van der Waals surface area contributed by atoms with E-state index in [0.29, 0.717) is 0 Å². The van der Waals surface area contributed by atoms with Crippen molar-refractivity contribution in [1.82, 2.24) is 0 Å². The molecule has 2 aromatic rings. The van der Waals surface area contributed by atoms with Crippen molar-refractivity contribution in [1.29, 1.82) is 0 Å². The molecule has 2 aromatic carbocycles. The van der Waals surface area contributed by atoms with Crippen molar-refractivity contribution in [3.05, 3.63) is 53.8 Å². The molecule has 0 aromatic heterocycles.